The molecule has 8 bridgehead atoms. The zero-order valence-electron chi connectivity index (χ0n) is 31.6. The van der Waals surface area contributed by atoms with E-state index in [1.54, 1.807) is 27.7 Å². The van der Waals surface area contributed by atoms with Crippen molar-refractivity contribution in [1.82, 2.24) is 0 Å². The van der Waals surface area contributed by atoms with Gasteiger partial charge in [0.2, 0.25) is 0 Å². The number of cyclic esters (lactones) is 1. The van der Waals surface area contributed by atoms with Crippen molar-refractivity contribution in [2.24, 2.45) is 52.8 Å². The standard InChI is InChI=1S/C41H62O9.6CH4/c1-8-30(34(44)48-37(5,6)39-15-25-10-26(16-39)12-27(11-25)17-39)14-31(9-24(2)33(43)49-38(7)22-32(42)47-36(38,3)4)35(45)50-41-20-28-13-29(21-41)19-40(46,18-28)23-41;;;;;;/h24-31,46H,8-23H2,1-7H3;6*1H4. The minimum absolute atomic E-state index is 0. The Morgan fingerprint density at radius 2 is 1.23 bits per heavy atom. The molecule has 9 rings (SSSR count). The van der Waals surface area contributed by atoms with Crippen LogP contribution in [0.3, 0.4) is 0 Å². The van der Waals surface area contributed by atoms with Crippen LogP contribution in [-0.4, -0.2) is 57.0 Å². The van der Waals surface area contributed by atoms with Gasteiger partial charge in [-0.05, 0) is 154 Å². The minimum atomic E-state index is -1.14. The van der Waals surface area contributed by atoms with Crippen molar-refractivity contribution in [2.75, 3.05) is 0 Å². The third kappa shape index (κ3) is 9.33. The molecule has 1 aliphatic heterocycles. The van der Waals surface area contributed by atoms with Gasteiger partial charge in [0.25, 0.3) is 0 Å². The smallest absolute Gasteiger partial charge is 0.310 e. The van der Waals surface area contributed by atoms with E-state index in [9.17, 15) is 24.3 Å². The second-order valence-corrected chi connectivity index (χ2v) is 19.9. The molecule has 1 saturated heterocycles. The summed E-state index contributed by atoms with van der Waals surface area (Å²) in [5.41, 5.74) is -4.24. The maximum atomic E-state index is 14.4. The van der Waals surface area contributed by atoms with Crippen LogP contribution in [0.15, 0.2) is 0 Å². The van der Waals surface area contributed by atoms with Crippen LogP contribution >= 0.6 is 0 Å². The molecular weight excluding hydrogens is 709 g/mol. The van der Waals surface area contributed by atoms with Gasteiger partial charge in [-0.2, -0.15) is 0 Å². The van der Waals surface area contributed by atoms with E-state index in [-0.39, 0.29) is 75.2 Å². The number of aliphatic hydroxyl groups is 1. The monoisotopic (exact) mass is 795 g/mol. The zero-order valence-corrected chi connectivity index (χ0v) is 31.6. The lowest BCUT2D eigenvalue weighted by Crippen LogP contribution is -2.60. The molecule has 56 heavy (non-hydrogen) atoms. The van der Waals surface area contributed by atoms with Crippen LogP contribution in [0.5, 0.6) is 0 Å². The Balaban J connectivity index is 0.00000261. The fourth-order valence-electron chi connectivity index (χ4n) is 12.8. The SMILES string of the molecule is C.C.C.C.C.C.CCC(CC(CC(C)C(=O)OC1(C)CC(=O)OC1(C)C)C(=O)OC12CC3CC(CC(O)(C3)C1)C2)C(=O)OC(C)(C)C12CC3CC(CC(C3)C1)C2. The lowest BCUT2D eigenvalue weighted by molar-refractivity contribution is -0.223. The number of rotatable bonds is 12. The topological polar surface area (TPSA) is 125 Å². The van der Waals surface area contributed by atoms with Crippen molar-refractivity contribution in [1.29, 1.82) is 0 Å². The van der Waals surface area contributed by atoms with Crippen LogP contribution in [0.2, 0.25) is 0 Å². The summed E-state index contributed by atoms with van der Waals surface area (Å²) in [6.07, 6.45) is 12.6. The molecule has 6 atom stereocenters. The van der Waals surface area contributed by atoms with E-state index < -0.39 is 63.7 Å². The number of hydrogen-bond acceptors (Lipinski definition) is 9. The van der Waals surface area contributed by atoms with Crippen molar-refractivity contribution in [2.45, 2.75) is 224 Å². The molecule has 9 heteroatoms. The van der Waals surface area contributed by atoms with Crippen molar-refractivity contribution in [3.05, 3.63) is 0 Å². The highest BCUT2D eigenvalue weighted by molar-refractivity contribution is 5.80. The summed E-state index contributed by atoms with van der Waals surface area (Å²) in [6.45, 7) is 13.1. The summed E-state index contributed by atoms with van der Waals surface area (Å²) in [7, 11) is 0. The summed E-state index contributed by atoms with van der Waals surface area (Å²) >= 11 is 0. The second-order valence-electron chi connectivity index (χ2n) is 19.9. The number of hydrogen-bond donors (Lipinski definition) is 1. The third-order valence-corrected chi connectivity index (χ3v) is 15.2. The second kappa shape index (κ2) is 17.6. The number of ether oxygens (including phenoxy) is 4. The van der Waals surface area contributed by atoms with Gasteiger partial charge in [0.05, 0.1) is 29.8 Å². The zero-order chi connectivity index (χ0) is 36.1. The number of carbonyl (C=O) groups is 4. The molecule has 1 N–H and O–H groups in total. The van der Waals surface area contributed by atoms with E-state index >= 15 is 0 Å². The quantitative estimate of drug-likeness (QED) is 0.152. The predicted molar refractivity (Wildman–Crippen MR) is 225 cm³/mol. The lowest BCUT2D eigenvalue weighted by Gasteiger charge is -2.61. The average Bonchev–Trinajstić information content (AvgIpc) is 3.16. The summed E-state index contributed by atoms with van der Waals surface area (Å²) in [6, 6.07) is 0. The van der Waals surface area contributed by atoms with Crippen LogP contribution in [0.4, 0.5) is 0 Å². The Kier molecular flexibility index (Phi) is 16.3. The predicted octanol–water partition coefficient (Wildman–Crippen LogP) is 11.1. The van der Waals surface area contributed by atoms with Crippen LogP contribution in [0.25, 0.3) is 0 Å². The van der Waals surface area contributed by atoms with Gasteiger partial charge in [0, 0.05) is 11.8 Å². The van der Waals surface area contributed by atoms with E-state index in [1.807, 2.05) is 6.92 Å². The van der Waals surface area contributed by atoms with Gasteiger partial charge in [-0.1, -0.05) is 58.4 Å². The first-order valence-electron chi connectivity index (χ1n) is 19.9. The first kappa shape index (κ1) is 51.9. The third-order valence-electron chi connectivity index (χ3n) is 15.2. The van der Waals surface area contributed by atoms with Crippen molar-refractivity contribution in [3.8, 4) is 0 Å². The fraction of sp³-hybridized carbons (Fsp3) is 0.915. The highest BCUT2D eigenvalue weighted by atomic mass is 16.6. The molecule has 0 spiro atoms. The molecular formula is C47H86O9. The van der Waals surface area contributed by atoms with Gasteiger partial charge < -0.3 is 24.1 Å². The molecule has 0 aromatic heterocycles. The van der Waals surface area contributed by atoms with E-state index in [2.05, 4.69) is 13.8 Å². The van der Waals surface area contributed by atoms with Crippen LogP contribution in [-0.2, 0) is 38.1 Å². The Labute approximate surface area is 342 Å². The van der Waals surface area contributed by atoms with Crippen LogP contribution in [0, 0.1) is 52.8 Å². The van der Waals surface area contributed by atoms with Crippen molar-refractivity contribution in [3.63, 3.8) is 0 Å². The molecule has 9 nitrogen and oxygen atoms in total. The maximum absolute atomic E-state index is 14.4. The Bertz CT molecular complexity index is 1350. The first-order valence-corrected chi connectivity index (χ1v) is 19.9. The highest BCUT2D eigenvalue weighted by Crippen LogP contribution is 2.64. The summed E-state index contributed by atoms with van der Waals surface area (Å²) < 4.78 is 24.4. The van der Waals surface area contributed by atoms with Crippen LogP contribution < -0.4 is 0 Å². The molecule has 9 fully saturated rings. The van der Waals surface area contributed by atoms with Gasteiger partial charge in [-0.25, -0.2) is 0 Å². The molecule has 8 aliphatic carbocycles. The van der Waals surface area contributed by atoms with Crippen molar-refractivity contribution >= 4 is 23.9 Å². The molecule has 8 saturated carbocycles. The van der Waals surface area contributed by atoms with Crippen LogP contribution in [0.1, 0.15) is 196 Å². The van der Waals surface area contributed by atoms with Gasteiger partial charge in [0.15, 0.2) is 5.60 Å². The Morgan fingerprint density at radius 3 is 1.68 bits per heavy atom. The minimum Gasteiger partial charge on any atom is -0.459 e. The molecule has 0 aromatic carbocycles. The number of carbonyl (C=O) groups excluding carboxylic acids is 4. The molecule has 9 aliphatic rings. The first-order chi connectivity index (χ1) is 23.2. The Morgan fingerprint density at radius 1 is 0.732 bits per heavy atom. The van der Waals surface area contributed by atoms with E-state index in [4.69, 9.17) is 18.9 Å². The van der Waals surface area contributed by atoms with E-state index in [0.717, 1.165) is 69.1 Å². The summed E-state index contributed by atoms with van der Waals surface area (Å²) in [5.74, 6) is -0.745. The molecule has 6 unspecified atom stereocenters. The van der Waals surface area contributed by atoms with E-state index in [0.29, 0.717) is 24.7 Å². The normalized spacial score (nSPS) is 37.9. The highest BCUT2D eigenvalue weighted by Gasteiger charge is 2.61. The van der Waals surface area contributed by atoms with E-state index in [1.165, 1.54) is 19.3 Å². The van der Waals surface area contributed by atoms with Gasteiger partial charge in [-0.15, -0.1) is 0 Å². The van der Waals surface area contributed by atoms with Gasteiger partial charge in [0.1, 0.15) is 16.8 Å². The molecule has 0 radical (unpaired) electrons. The van der Waals surface area contributed by atoms with Crippen molar-refractivity contribution < 1.29 is 43.2 Å². The van der Waals surface area contributed by atoms with Gasteiger partial charge >= 0.3 is 23.9 Å². The Hall–Kier alpha value is -2.16. The molecule has 328 valence electrons. The molecule has 0 aromatic rings. The fourth-order valence-corrected chi connectivity index (χ4v) is 12.8. The molecule has 1 heterocycles. The number of esters is 4. The maximum Gasteiger partial charge on any atom is 0.310 e. The largest absolute Gasteiger partial charge is 0.459 e. The summed E-state index contributed by atoms with van der Waals surface area (Å²) in [5, 5.41) is 11.4. The van der Waals surface area contributed by atoms with Gasteiger partial charge in [-0.3, -0.25) is 19.2 Å². The summed E-state index contributed by atoms with van der Waals surface area (Å²) in [4.78, 5) is 54.3. The molecule has 0 amide bonds. The lowest BCUT2D eigenvalue weighted by atomic mass is 9.46. The average molecular weight is 795 g/mol.